The summed E-state index contributed by atoms with van der Waals surface area (Å²) < 4.78 is 11.4. The Kier molecular flexibility index (Phi) is 6.76. The Bertz CT molecular complexity index is 505. The zero-order valence-electron chi connectivity index (χ0n) is 16.4. The number of guanidine groups is 1. The Labute approximate surface area is 175 Å². The van der Waals surface area contributed by atoms with E-state index in [2.05, 4.69) is 17.6 Å². The van der Waals surface area contributed by atoms with Crippen LogP contribution in [-0.2, 0) is 9.47 Å². The number of nitrogens with zero attached hydrogens (tertiary/aromatic N) is 1. The maximum absolute atomic E-state index is 6.05. The third kappa shape index (κ3) is 3.50. The average Bonchev–Trinajstić information content (AvgIpc) is 2.94. The van der Waals surface area contributed by atoms with Crippen LogP contribution in [0.25, 0.3) is 0 Å². The van der Waals surface area contributed by atoms with Crippen LogP contribution < -0.4 is 10.6 Å². The molecule has 150 valence electrons. The summed E-state index contributed by atoms with van der Waals surface area (Å²) in [4.78, 5) is 5.02. The van der Waals surface area contributed by atoms with E-state index in [-0.39, 0.29) is 24.0 Å². The molecule has 4 rings (SSSR count). The summed E-state index contributed by atoms with van der Waals surface area (Å²) in [5.74, 6) is 1.71. The summed E-state index contributed by atoms with van der Waals surface area (Å²) in [6.45, 7) is 5.80. The molecule has 26 heavy (non-hydrogen) atoms. The second kappa shape index (κ2) is 8.52. The highest BCUT2D eigenvalue weighted by Gasteiger charge is 2.66. The lowest BCUT2D eigenvalue weighted by Crippen LogP contribution is -2.72. The number of hydrogen-bond acceptors (Lipinski definition) is 3. The first-order valence-corrected chi connectivity index (χ1v) is 10.4. The van der Waals surface area contributed by atoms with Crippen molar-refractivity contribution in [2.24, 2.45) is 21.7 Å². The SMILES string of the molecule is CCNC(=NCC1(CCOC)CCC1)NC1C2CCOC2C12CCC2.I. The average molecular weight is 477 g/mol. The molecule has 1 heterocycles. The molecule has 2 N–H and O–H groups in total. The highest BCUT2D eigenvalue weighted by molar-refractivity contribution is 14.0. The Morgan fingerprint density at radius 2 is 2.00 bits per heavy atom. The van der Waals surface area contributed by atoms with Crippen molar-refractivity contribution in [1.82, 2.24) is 10.6 Å². The van der Waals surface area contributed by atoms with Crippen LogP contribution in [0.2, 0.25) is 0 Å². The Morgan fingerprint density at radius 1 is 1.23 bits per heavy atom. The van der Waals surface area contributed by atoms with E-state index >= 15 is 0 Å². The first-order valence-electron chi connectivity index (χ1n) is 10.4. The van der Waals surface area contributed by atoms with Gasteiger partial charge in [0, 0.05) is 50.8 Å². The summed E-state index contributed by atoms with van der Waals surface area (Å²) in [5, 5.41) is 7.31. The lowest BCUT2D eigenvalue weighted by atomic mass is 9.46. The fraction of sp³-hybridized carbons (Fsp3) is 0.950. The van der Waals surface area contributed by atoms with Gasteiger partial charge in [0.05, 0.1) is 6.10 Å². The summed E-state index contributed by atoms with van der Waals surface area (Å²) in [6, 6.07) is 0.558. The monoisotopic (exact) mass is 477 g/mol. The van der Waals surface area contributed by atoms with E-state index in [1.165, 1.54) is 44.9 Å². The lowest BCUT2D eigenvalue weighted by molar-refractivity contribution is -0.171. The molecule has 4 fully saturated rings. The van der Waals surface area contributed by atoms with Gasteiger partial charge in [0.25, 0.3) is 0 Å². The molecule has 1 aliphatic heterocycles. The highest BCUT2D eigenvalue weighted by Crippen LogP contribution is 2.62. The lowest BCUT2D eigenvalue weighted by Gasteiger charge is -2.63. The zero-order chi connectivity index (χ0) is 17.3. The minimum atomic E-state index is 0. The van der Waals surface area contributed by atoms with Gasteiger partial charge in [0.1, 0.15) is 0 Å². The molecule has 4 aliphatic rings. The third-order valence-electron chi connectivity index (χ3n) is 7.50. The molecule has 3 atom stereocenters. The van der Waals surface area contributed by atoms with Crippen LogP contribution in [0.15, 0.2) is 4.99 Å². The van der Waals surface area contributed by atoms with E-state index < -0.39 is 0 Å². The molecule has 0 aromatic heterocycles. The number of rotatable bonds is 7. The molecular weight excluding hydrogens is 441 g/mol. The van der Waals surface area contributed by atoms with Gasteiger partial charge in [-0.3, -0.25) is 4.99 Å². The van der Waals surface area contributed by atoms with Crippen molar-refractivity contribution in [2.75, 3.05) is 33.4 Å². The van der Waals surface area contributed by atoms with Crippen LogP contribution in [0.5, 0.6) is 0 Å². The van der Waals surface area contributed by atoms with E-state index in [1.54, 1.807) is 7.11 Å². The number of ether oxygens (including phenoxy) is 2. The summed E-state index contributed by atoms with van der Waals surface area (Å²) in [5.41, 5.74) is 0.784. The van der Waals surface area contributed by atoms with Gasteiger partial charge < -0.3 is 20.1 Å². The van der Waals surface area contributed by atoms with Crippen molar-refractivity contribution in [3.63, 3.8) is 0 Å². The number of hydrogen-bond donors (Lipinski definition) is 2. The first-order chi connectivity index (χ1) is 12.2. The van der Waals surface area contributed by atoms with Crippen LogP contribution in [0.1, 0.15) is 58.3 Å². The molecule has 0 aromatic carbocycles. The van der Waals surface area contributed by atoms with Crippen LogP contribution in [0.3, 0.4) is 0 Å². The topological polar surface area (TPSA) is 54.9 Å². The van der Waals surface area contributed by atoms with Crippen LogP contribution >= 0.6 is 24.0 Å². The molecule has 1 saturated heterocycles. The fourth-order valence-corrected chi connectivity index (χ4v) is 5.65. The van der Waals surface area contributed by atoms with Crippen molar-refractivity contribution < 1.29 is 9.47 Å². The Hall–Kier alpha value is -0.0800. The largest absolute Gasteiger partial charge is 0.385 e. The molecule has 1 spiro atoms. The van der Waals surface area contributed by atoms with E-state index in [1.807, 2.05) is 0 Å². The van der Waals surface area contributed by atoms with Gasteiger partial charge in [-0.05, 0) is 50.9 Å². The number of methoxy groups -OCH3 is 1. The molecule has 0 aromatic rings. The standard InChI is InChI=1S/C20H35N3O2.HI/c1-3-21-18(22-14-19(7-4-8-19)11-13-24-2)23-16-15-6-12-25-17(15)20(16)9-5-10-20;/h15-17H,3-14H2,1-2H3,(H2,21,22,23);1H. The van der Waals surface area contributed by atoms with E-state index in [0.717, 1.165) is 38.7 Å². The summed E-state index contributed by atoms with van der Waals surface area (Å²) >= 11 is 0. The molecule has 0 radical (unpaired) electrons. The molecule has 5 nitrogen and oxygen atoms in total. The number of fused-ring (bicyclic) bond motifs is 2. The van der Waals surface area contributed by atoms with Crippen molar-refractivity contribution >= 4 is 29.9 Å². The maximum Gasteiger partial charge on any atom is 0.191 e. The summed E-state index contributed by atoms with van der Waals surface area (Å²) in [6.07, 6.45) is 10.8. The van der Waals surface area contributed by atoms with Crippen molar-refractivity contribution in [3.05, 3.63) is 0 Å². The normalized spacial score (nSPS) is 33.3. The molecule has 3 unspecified atom stereocenters. The van der Waals surface area contributed by atoms with Crippen molar-refractivity contribution in [3.8, 4) is 0 Å². The molecule has 0 amide bonds. The minimum Gasteiger partial charge on any atom is -0.385 e. The van der Waals surface area contributed by atoms with Gasteiger partial charge in [0.2, 0.25) is 0 Å². The molecular formula is C20H36IN3O2. The van der Waals surface area contributed by atoms with Crippen LogP contribution in [0, 0.1) is 16.7 Å². The van der Waals surface area contributed by atoms with Gasteiger partial charge in [0.15, 0.2) is 5.96 Å². The highest BCUT2D eigenvalue weighted by atomic mass is 127. The molecule has 6 heteroatoms. The third-order valence-corrected chi connectivity index (χ3v) is 7.50. The molecule has 0 bridgehead atoms. The fourth-order valence-electron chi connectivity index (χ4n) is 5.65. The predicted octanol–water partition coefficient (Wildman–Crippen LogP) is 3.32. The van der Waals surface area contributed by atoms with Crippen LogP contribution in [0.4, 0.5) is 0 Å². The van der Waals surface area contributed by atoms with Gasteiger partial charge in [-0.25, -0.2) is 0 Å². The quantitative estimate of drug-likeness (QED) is 0.336. The molecule has 3 saturated carbocycles. The second-order valence-corrected chi connectivity index (χ2v) is 8.74. The van der Waals surface area contributed by atoms with Gasteiger partial charge >= 0.3 is 0 Å². The summed E-state index contributed by atoms with van der Waals surface area (Å²) in [7, 11) is 1.80. The van der Waals surface area contributed by atoms with Crippen molar-refractivity contribution in [2.45, 2.75) is 70.4 Å². The number of halogens is 1. The maximum atomic E-state index is 6.05. The van der Waals surface area contributed by atoms with Gasteiger partial charge in [-0.15, -0.1) is 24.0 Å². The number of aliphatic imine (C=N–C) groups is 1. The predicted molar refractivity (Wildman–Crippen MR) is 115 cm³/mol. The van der Waals surface area contributed by atoms with Crippen LogP contribution in [-0.4, -0.2) is 51.5 Å². The van der Waals surface area contributed by atoms with E-state index in [9.17, 15) is 0 Å². The molecule has 3 aliphatic carbocycles. The van der Waals surface area contributed by atoms with Gasteiger partial charge in [-0.2, -0.15) is 0 Å². The van der Waals surface area contributed by atoms with Crippen molar-refractivity contribution in [1.29, 1.82) is 0 Å². The van der Waals surface area contributed by atoms with E-state index in [0.29, 0.717) is 28.9 Å². The number of nitrogens with one attached hydrogen (secondary N) is 2. The van der Waals surface area contributed by atoms with E-state index in [4.69, 9.17) is 14.5 Å². The second-order valence-electron chi connectivity index (χ2n) is 8.74. The Balaban J connectivity index is 0.00000196. The van der Waals surface area contributed by atoms with Gasteiger partial charge in [-0.1, -0.05) is 12.8 Å². The first kappa shape index (κ1) is 20.6. The smallest absolute Gasteiger partial charge is 0.191 e. The Morgan fingerprint density at radius 3 is 2.58 bits per heavy atom. The zero-order valence-corrected chi connectivity index (χ0v) is 18.7. The minimum absolute atomic E-state index is 0.